The molecule has 3 rings (SSSR count). The summed E-state index contributed by atoms with van der Waals surface area (Å²) in [6, 6.07) is 15.9. The van der Waals surface area contributed by atoms with Crippen LogP contribution < -0.4 is 10.1 Å². The lowest BCUT2D eigenvalue weighted by molar-refractivity contribution is -0.131. The van der Waals surface area contributed by atoms with Crippen LogP contribution in [0.5, 0.6) is 5.75 Å². The Morgan fingerprint density at radius 3 is 2.46 bits per heavy atom. The Labute approximate surface area is 139 Å². The van der Waals surface area contributed by atoms with Crippen molar-refractivity contribution in [1.82, 2.24) is 4.98 Å². The molecule has 0 aliphatic heterocycles. The number of esters is 1. The van der Waals surface area contributed by atoms with Crippen molar-refractivity contribution in [3.05, 3.63) is 65.9 Å². The van der Waals surface area contributed by atoms with E-state index in [-0.39, 0.29) is 5.91 Å². The molecule has 0 spiro atoms. The third-order valence-corrected chi connectivity index (χ3v) is 3.49. The van der Waals surface area contributed by atoms with Crippen LogP contribution in [0.2, 0.25) is 0 Å². The number of rotatable bonds is 3. The molecular formula is C19H16N2O3. The van der Waals surface area contributed by atoms with Crippen molar-refractivity contribution in [3.63, 3.8) is 0 Å². The van der Waals surface area contributed by atoms with E-state index < -0.39 is 5.97 Å². The molecule has 1 N–H and O–H groups in total. The third-order valence-electron chi connectivity index (χ3n) is 3.49. The van der Waals surface area contributed by atoms with Crippen molar-refractivity contribution in [2.75, 3.05) is 5.32 Å². The fourth-order valence-corrected chi connectivity index (χ4v) is 2.42. The summed E-state index contributed by atoms with van der Waals surface area (Å²) in [5, 5.41) is 3.54. The number of anilines is 1. The zero-order chi connectivity index (χ0) is 17.1. The molecule has 0 saturated carbocycles. The lowest BCUT2D eigenvalue weighted by atomic mass is 10.1. The van der Waals surface area contributed by atoms with Crippen LogP contribution in [0.3, 0.4) is 0 Å². The van der Waals surface area contributed by atoms with E-state index in [1.54, 1.807) is 36.4 Å². The monoisotopic (exact) mass is 320 g/mol. The maximum atomic E-state index is 12.4. The third kappa shape index (κ3) is 3.25. The lowest BCUT2D eigenvalue weighted by Crippen LogP contribution is -2.12. The second kappa shape index (κ2) is 6.50. The van der Waals surface area contributed by atoms with Crippen LogP contribution in [-0.2, 0) is 4.79 Å². The first-order valence-electron chi connectivity index (χ1n) is 7.50. The molecule has 5 nitrogen and oxygen atoms in total. The molecule has 2 aromatic carbocycles. The normalized spacial score (nSPS) is 10.4. The average Bonchev–Trinajstić information content (AvgIpc) is 2.57. The topological polar surface area (TPSA) is 68.3 Å². The summed E-state index contributed by atoms with van der Waals surface area (Å²) in [5.74, 6) is -0.207. The van der Waals surface area contributed by atoms with Crippen molar-refractivity contribution in [2.45, 2.75) is 13.8 Å². The first-order valence-corrected chi connectivity index (χ1v) is 7.50. The Bertz CT molecular complexity index is 921. The fraction of sp³-hybridized carbons (Fsp3) is 0.105. The maximum absolute atomic E-state index is 12.4. The highest BCUT2D eigenvalue weighted by atomic mass is 16.5. The number of carbonyl (C=O) groups excluding carboxylic acids is 2. The van der Waals surface area contributed by atoms with E-state index in [9.17, 15) is 9.59 Å². The maximum Gasteiger partial charge on any atom is 0.308 e. The first-order chi connectivity index (χ1) is 11.5. The number of hydrogen-bond acceptors (Lipinski definition) is 4. The molecule has 1 aromatic heterocycles. The number of carbonyl (C=O) groups is 2. The number of hydrogen-bond donors (Lipinski definition) is 1. The molecule has 1 amide bonds. The highest BCUT2D eigenvalue weighted by Gasteiger charge is 2.13. The molecule has 0 saturated heterocycles. The van der Waals surface area contributed by atoms with Gasteiger partial charge in [0, 0.05) is 23.6 Å². The molecule has 0 aliphatic carbocycles. The molecule has 24 heavy (non-hydrogen) atoms. The van der Waals surface area contributed by atoms with Gasteiger partial charge in [0.05, 0.1) is 11.2 Å². The average molecular weight is 320 g/mol. The van der Waals surface area contributed by atoms with E-state index >= 15 is 0 Å². The molecule has 5 heteroatoms. The van der Waals surface area contributed by atoms with E-state index in [4.69, 9.17) is 4.74 Å². The van der Waals surface area contributed by atoms with Crippen molar-refractivity contribution < 1.29 is 14.3 Å². The van der Waals surface area contributed by atoms with Crippen LogP contribution in [0.25, 0.3) is 10.9 Å². The summed E-state index contributed by atoms with van der Waals surface area (Å²) in [6.07, 6.45) is 0. The highest BCUT2D eigenvalue weighted by molar-refractivity contribution is 6.09. The number of nitrogens with zero attached hydrogens (tertiary/aromatic N) is 1. The number of nitrogens with one attached hydrogen (secondary N) is 1. The summed E-state index contributed by atoms with van der Waals surface area (Å²) in [6.45, 7) is 3.21. The van der Waals surface area contributed by atoms with Gasteiger partial charge < -0.3 is 10.1 Å². The van der Waals surface area contributed by atoms with E-state index in [0.717, 1.165) is 5.69 Å². The van der Waals surface area contributed by atoms with Crippen molar-refractivity contribution in [2.24, 2.45) is 0 Å². The van der Waals surface area contributed by atoms with Gasteiger partial charge in [-0.15, -0.1) is 0 Å². The van der Waals surface area contributed by atoms with Gasteiger partial charge in [-0.1, -0.05) is 18.2 Å². The Hall–Kier alpha value is -3.21. The molecule has 0 fully saturated rings. The van der Waals surface area contributed by atoms with Gasteiger partial charge in [-0.05, 0) is 43.3 Å². The predicted molar refractivity (Wildman–Crippen MR) is 92.2 cm³/mol. The Morgan fingerprint density at radius 2 is 1.75 bits per heavy atom. The van der Waals surface area contributed by atoms with Gasteiger partial charge in [-0.2, -0.15) is 0 Å². The molecule has 0 aliphatic rings. The zero-order valence-electron chi connectivity index (χ0n) is 13.4. The van der Waals surface area contributed by atoms with Crippen LogP contribution in [0, 0.1) is 6.92 Å². The summed E-state index contributed by atoms with van der Waals surface area (Å²) >= 11 is 0. The van der Waals surface area contributed by atoms with Crippen LogP contribution in [-0.4, -0.2) is 16.9 Å². The van der Waals surface area contributed by atoms with Crippen LogP contribution in [0.15, 0.2) is 54.6 Å². The lowest BCUT2D eigenvalue weighted by Gasteiger charge is -2.12. The smallest absolute Gasteiger partial charge is 0.308 e. The number of amides is 1. The molecule has 0 unspecified atom stereocenters. The predicted octanol–water partition coefficient (Wildman–Crippen LogP) is 3.72. The van der Waals surface area contributed by atoms with E-state index in [1.807, 2.05) is 25.1 Å². The largest absolute Gasteiger partial charge is 0.426 e. The number of ether oxygens (including phenoxy) is 1. The van der Waals surface area contributed by atoms with Gasteiger partial charge in [0.2, 0.25) is 0 Å². The SMILES string of the molecule is CC(=O)Oc1ccc(NC(=O)c2ccccc2)c2nc(C)ccc12. The Balaban J connectivity index is 2.04. The van der Waals surface area contributed by atoms with Crippen molar-refractivity contribution in [3.8, 4) is 5.75 Å². The van der Waals surface area contributed by atoms with Gasteiger partial charge in [0.15, 0.2) is 0 Å². The molecule has 0 radical (unpaired) electrons. The number of pyridine rings is 1. The number of aryl methyl sites for hydroxylation is 1. The Kier molecular flexibility index (Phi) is 4.24. The van der Waals surface area contributed by atoms with Gasteiger partial charge in [-0.3, -0.25) is 14.6 Å². The molecule has 3 aromatic rings. The standard InChI is InChI=1S/C19H16N2O3/c1-12-8-9-15-17(24-13(2)22)11-10-16(18(15)20-12)21-19(23)14-6-4-3-5-7-14/h3-11H,1-2H3,(H,21,23). The molecule has 0 bridgehead atoms. The van der Waals surface area contributed by atoms with Gasteiger partial charge in [-0.25, -0.2) is 0 Å². The number of fused-ring (bicyclic) bond motifs is 1. The summed E-state index contributed by atoms with van der Waals surface area (Å²) in [7, 11) is 0. The molecule has 1 heterocycles. The van der Waals surface area contributed by atoms with Crippen LogP contribution >= 0.6 is 0 Å². The number of benzene rings is 2. The first kappa shape index (κ1) is 15.7. The Morgan fingerprint density at radius 1 is 1.00 bits per heavy atom. The van der Waals surface area contributed by atoms with Crippen LogP contribution in [0.1, 0.15) is 23.0 Å². The van der Waals surface area contributed by atoms with Crippen LogP contribution in [0.4, 0.5) is 5.69 Å². The molecule has 0 atom stereocenters. The van der Waals surface area contributed by atoms with Gasteiger partial charge in [0.1, 0.15) is 5.75 Å². The molecular weight excluding hydrogens is 304 g/mol. The quantitative estimate of drug-likeness (QED) is 0.590. The minimum atomic E-state index is -0.405. The summed E-state index contributed by atoms with van der Waals surface area (Å²) in [4.78, 5) is 28.1. The molecule has 120 valence electrons. The summed E-state index contributed by atoms with van der Waals surface area (Å²) in [5.41, 5.74) is 2.51. The second-order valence-electron chi connectivity index (χ2n) is 5.37. The highest BCUT2D eigenvalue weighted by Crippen LogP contribution is 2.31. The fourth-order valence-electron chi connectivity index (χ4n) is 2.42. The number of aromatic nitrogens is 1. The minimum absolute atomic E-state index is 0.222. The van der Waals surface area contributed by atoms with E-state index in [0.29, 0.717) is 27.9 Å². The minimum Gasteiger partial charge on any atom is -0.426 e. The second-order valence-corrected chi connectivity index (χ2v) is 5.37. The van der Waals surface area contributed by atoms with E-state index in [1.165, 1.54) is 6.92 Å². The van der Waals surface area contributed by atoms with Gasteiger partial charge in [0.25, 0.3) is 5.91 Å². The summed E-state index contributed by atoms with van der Waals surface area (Å²) < 4.78 is 5.22. The van der Waals surface area contributed by atoms with Crippen molar-refractivity contribution in [1.29, 1.82) is 0 Å². The van der Waals surface area contributed by atoms with Gasteiger partial charge >= 0.3 is 5.97 Å². The van der Waals surface area contributed by atoms with E-state index in [2.05, 4.69) is 10.3 Å². The zero-order valence-corrected chi connectivity index (χ0v) is 13.4. The van der Waals surface area contributed by atoms with Crippen molar-refractivity contribution >= 4 is 28.5 Å².